The summed E-state index contributed by atoms with van der Waals surface area (Å²) in [7, 11) is 0. The summed E-state index contributed by atoms with van der Waals surface area (Å²) in [5, 5.41) is 5.25. The highest BCUT2D eigenvalue weighted by molar-refractivity contribution is 7.17. The molecule has 0 saturated carbocycles. The molecule has 276 valence electrons. The first-order valence-electron chi connectivity index (χ1n) is 22.6. The van der Waals surface area contributed by atoms with Crippen LogP contribution in [-0.4, -0.2) is 19.5 Å². The molecule has 0 aliphatic heterocycles. The third-order valence-corrected chi connectivity index (χ3v) is 11.8. The number of benzene rings is 8. The Hall–Kier alpha value is -7.67. The van der Waals surface area contributed by atoms with Gasteiger partial charge >= 0.3 is 0 Å². The van der Waals surface area contributed by atoms with Crippen molar-refractivity contribution in [3.63, 3.8) is 0 Å². The molecule has 4 heterocycles. The second-order valence-electron chi connectivity index (χ2n) is 14.3. The van der Waals surface area contributed by atoms with Gasteiger partial charge in [0, 0.05) is 48.5 Å². The number of furan rings is 1. The highest BCUT2D eigenvalue weighted by Gasteiger charge is 2.21. The third-order valence-electron chi connectivity index (χ3n) is 10.9. The lowest BCUT2D eigenvalue weighted by molar-refractivity contribution is 0.670. The maximum atomic E-state index is 9.16. The number of nitrogens with zero attached hydrogens (tertiary/aromatic N) is 4. The third kappa shape index (κ3) is 5.49. The summed E-state index contributed by atoms with van der Waals surface area (Å²) in [6.07, 6.45) is 0. The van der Waals surface area contributed by atoms with Crippen LogP contribution in [0.15, 0.2) is 198 Å². The number of para-hydroxylation sites is 4. The lowest BCUT2D eigenvalue weighted by Crippen LogP contribution is -2.03. The van der Waals surface area contributed by atoms with Crippen molar-refractivity contribution in [3.8, 4) is 62.1 Å². The van der Waals surface area contributed by atoms with E-state index in [9.17, 15) is 0 Å². The normalized spacial score (nSPS) is 13.4. The van der Waals surface area contributed by atoms with E-state index in [1.54, 1.807) is 28.0 Å². The highest BCUT2D eigenvalue weighted by Crippen LogP contribution is 2.40. The Morgan fingerprint density at radius 3 is 2.12 bits per heavy atom. The van der Waals surface area contributed by atoms with Crippen molar-refractivity contribution in [3.05, 3.63) is 193 Å². The van der Waals surface area contributed by atoms with Crippen LogP contribution >= 0.6 is 11.3 Å². The maximum Gasteiger partial charge on any atom is 0.166 e. The zero-order chi connectivity index (χ0) is 45.0. The fraction of sp³-hybridized carbons (Fsp3) is 0. The number of fused-ring (bicyclic) bond motifs is 7. The van der Waals surface area contributed by atoms with Crippen molar-refractivity contribution in [1.82, 2.24) is 19.5 Å². The molecule has 0 unspecified atom stereocenters. The number of aromatic nitrogens is 4. The van der Waals surface area contributed by atoms with E-state index in [0.717, 1.165) is 59.8 Å². The number of rotatable bonds is 6. The summed E-state index contributed by atoms with van der Waals surface area (Å²) >= 11 is 1.59. The molecular formula is C53H32N4OS. The van der Waals surface area contributed by atoms with E-state index in [1.807, 2.05) is 96.4 Å². The van der Waals surface area contributed by atoms with Gasteiger partial charge in [0.05, 0.1) is 26.3 Å². The monoisotopic (exact) mass is 779 g/mol. The zero-order valence-electron chi connectivity index (χ0n) is 38.0. The number of hydrogen-bond acceptors (Lipinski definition) is 5. The van der Waals surface area contributed by atoms with Crippen LogP contribution in [0, 0.1) is 0 Å². The zero-order valence-corrected chi connectivity index (χ0v) is 31.9. The molecule has 8 aromatic carbocycles. The van der Waals surface area contributed by atoms with Crippen LogP contribution in [0.2, 0.25) is 0 Å². The van der Waals surface area contributed by atoms with Crippen LogP contribution < -0.4 is 0 Å². The van der Waals surface area contributed by atoms with Gasteiger partial charge in [-0.3, -0.25) is 0 Å². The van der Waals surface area contributed by atoms with E-state index >= 15 is 0 Å². The second kappa shape index (κ2) is 13.5. The average molecular weight is 780 g/mol. The summed E-state index contributed by atoms with van der Waals surface area (Å²) in [4.78, 5) is 15.5. The van der Waals surface area contributed by atoms with Crippen molar-refractivity contribution in [2.24, 2.45) is 0 Å². The molecule has 0 aliphatic rings. The van der Waals surface area contributed by atoms with E-state index in [0.29, 0.717) is 28.5 Å². The molecule has 0 aliphatic carbocycles. The first-order chi connectivity index (χ1) is 32.1. The Morgan fingerprint density at radius 1 is 0.475 bits per heavy atom. The van der Waals surface area contributed by atoms with Crippen molar-refractivity contribution < 1.29 is 14.0 Å². The van der Waals surface area contributed by atoms with Gasteiger partial charge in [-0.1, -0.05) is 133 Å². The van der Waals surface area contributed by atoms with Crippen molar-refractivity contribution in [2.45, 2.75) is 0 Å². The van der Waals surface area contributed by atoms with Gasteiger partial charge < -0.3 is 8.98 Å². The minimum atomic E-state index is -0.466. The maximum absolute atomic E-state index is 9.16. The van der Waals surface area contributed by atoms with Gasteiger partial charge in [-0.25, -0.2) is 15.0 Å². The summed E-state index contributed by atoms with van der Waals surface area (Å²) in [5.41, 5.74) is 8.27. The number of thiophene rings is 1. The minimum Gasteiger partial charge on any atom is -0.455 e. The topological polar surface area (TPSA) is 56.7 Å². The van der Waals surface area contributed by atoms with Gasteiger partial charge in [-0.05, 0) is 82.0 Å². The van der Waals surface area contributed by atoms with Gasteiger partial charge in [0.25, 0.3) is 0 Å². The minimum absolute atomic E-state index is 0.0627. The van der Waals surface area contributed by atoms with Gasteiger partial charge in [0.15, 0.2) is 17.5 Å². The van der Waals surface area contributed by atoms with Crippen LogP contribution in [0.25, 0.3) is 116 Å². The van der Waals surface area contributed by atoms with Crippen LogP contribution in [0.4, 0.5) is 0 Å². The molecule has 59 heavy (non-hydrogen) atoms. The second-order valence-corrected chi connectivity index (χ2v) is 15.2. The first-order valence-corrected chi connectivity index (χ1v) is 20.0. The van der Waals surface area contributed by atoms with Crippen molar-refractivity contribution in [2.75, 3.05) is 0 Å². The van der Waals surface area contributed by atoms with Crippen LogP contribution in [-0.2, 0) is 0 Å². The van der Waals surface area contributed by atoms with Crippen molar-refractivity contribution >= 4 is 65.2 Å². The molecule has 6 heteroatoms. The quantitative estimate of drug-likeness (QED) is 0.169. The molecule has 0 fully saturated rings. The molecule has 0 atom stereocenters. The Bertz CT molecular complexity index is 3990. The largest absolute Gasteiger partial charge is 0.455 e. The molecule has 0 bridgehead atoms. The predicted molar refractivity (Wildman–Crippen MR) is 244 cm³/mol. The fourth-order valence-corrected chi connectivity index (χ4v) is 9.05. The summed E-state index contributed by atoms with van der Waals surface area (Å²) in [6, 6.07) is 45.1. The van der Waals surface area contributed by atoms with Gasteiger partial charge in [-0.15, -0.1) is 11.3 Å². The van der Waals surface area contributed by atoms with E-state index < -0.39 is 12.1 Å². The Kier molecular flexibility index (Phi) is 6.18. The molecule has 5 nitrogen and oxygen atoms in total. The molecular weight excluding hydrogens is 741 g/mol. The SMILES string of the molecule is [2H]c1cc([2H])c2c(c1[2H])c1c([2H])c([2H])c([2H])c([2H])c1n2-c1ccccc1-c1nc(-c2cccc(-c3cccc4c3oc3ccc(-c5ccccc5)cc34)c2)nc(-c2cccc3ccsc23)n1. The Labute approximate surface area is 353 Å². The van der Waals surface area contributed by atoms with Crippen LogP contribution in [0.1, 0.15) is 9.60 Å². The van der Waals surface area contributed by atoms with E-state index in [2.05, 4.69) is 36.4 Å². The molecule has 0 spiro atoms. The highest BCUT2D eigenvalue weighted by atomic mass is 32.1. The molecule has 0 amide bonds. The van der Waals surface area contributed by atoms with Gasteiger partial charge in [-0.2, -0.15) is 0 Å². The molecule has 0 N–H and O–H groups in total. The van der Waals surface area contributed by atoms with Gasteiger partial charge in [0.2, 0.25) is 0 Å². The lowest BCUT2D eigenvalue weighted by atomic mass is 9.99. The van der Waals surface area contributed by atoms with E-state index in [-0.39, 0.29) is 57.8 Å². The van der Waals surface area contributed by atoms with E-state index in [1.165, 1.54) is 6.07 Å². The summed E-state index contributed by atoms with van der Waals surface area (Å²) in [6.45, 7) is 0. The molecule has 12 aromatic rings. The first kappa shape index (κ1) is 27.1. The summed E-state index contributed by atoms with van der Waals surface area (Å²) in [5.74, 6) is 1.10. The van der Waals surface area contributed by atoms with Crippen molar-refractivity contribution in [1.29, 1.82) is 0 Å². The number of hydrogen-bond donors (Lipinski definition) is 0. The Balaban J connectivity index is 1.08. The molecule has 4 aromatic heterocycles. The van der Waals surface area contributed by atoms with Crippen LogP contribution in [0.5, 0.6) is 0 Å². The fourth-order valence-electron chi connectivity index (χ4n) is 8.14. The smallest absolute Gasteiger partial charge is 0.166 e. The average Bonchev–Trinajstić information content (AvgIpc) is 4.09. The van der Waals surface area contributed by atoms with Crippen LogP contribution in [0.3, 0.4) is 0 Å². The predicted octanol–water partition coefficient (Wildman–Crippen LogP) is 14.4. The lowest BCUT2D eigenvalue weighted by Gasteiger charge is -2.15. The molecule has 0 radical (unpaired) electrons. The molecule has 0 saturated heterocycles. The Morgan fingerprint density at radius 2 is 1.19 bits per heavy atom. The summed E-state index contributed by atoms with van der Waals surface area (Å²) < 4.78 is 71.2. The van der Waals surface area contributed by atoms with E-state index in [4.69, 9.17) is 29.0 Å². The van der Waals surface area contributed by atoms with Gasteiger partial charge in [0.1, 0.15) is 11.2 Å². The molecule has 12 rings (SSSR count). The standard InChI is InChI=1S/C53H32N4OS/c1-2-13-33(14-3-1)35-27-28-48-44(32-35)41-22-12-21-38(49(41)58-48)36-16-10-17-37(31-36)51-54-52(56-53(55-51)43-23-11-15-34-29-30-59-50(34)43)42-20-6-9-26-47(42)57-45-24-7-4-18-39(45)40-19-5-8-25-46(40)57/h1-32H/i4D,5D,7D,18D,19D,24D,25D.